The fraction of sp³-hybridized carbons (Fsp3) is 0.240. The van der Waals surface area contributed by atoms with Crippen LogP contribution in [0.2, 0.25) is 0 Å². The molecular formula is C25H26N2O3. The fourth-order valence-corrected chi connectivity index (χ4v) is 3.34. The van der Waals surface area contributed by atoms with Gasteiger partial charge in [-0.3, -0.25) is 4.99 Å². The zero-order valence-electron chi connectivity index (χ0n) is 17.2. The van der Waals surface area contributed by atoms with E-state index in [1.165, 1.54) is 5.69 Å². The Labute approximate surface area is 177 Å². The Bertz CT molecular complexity index is 965. The van der Waals surface area contributed by atoms with Gasteiger partial charge in [0.05, 0.1) is 26.0 Å². The highest BCUT2D eigenvalue weighted by molar-refractivity contribution is 5.83. The van der Waals surface area contributed by atoms with Crippen molar-refractivity contribution in [3.8, 4) is 11.5 Å². The highest BCUT2D eigenvalue weighted by Crippen LogP contribution is 2.29. The van der Waals surface area contributed by atoms with Crippen LogP contribution in [0.3, 0.4) is 0 Å². The predicted molar refractivity (Wildman–Crippen MR) is 120 cm³/mol. The van der Waals surface area contributed by atoms with E-state index in [-0.39, 0.29) is 0 Å². The molecule has 0 bridgehead atoms. The Morgan fingerprint density at radius 2 is 1.70 bits per heavy atom. The molecule has 0 saturated carbocycles. The molecule has 154 valence electrons. The van der Waals surface area contributed by atoms with Gasteiger partial charge in [0, 0.05) is 25.0 Å². The third-order valence-electron chi connectivity index (χ3n) is 5.01. The molecule has 1 aliphatic rings. The lowest BCUT2D eigenvalue weighted by molar-refractivity contribution is 0.122. The van der Waals surface area contributed by atoms with Crippen LogP contribution in [0.5, 0.6) is 11.5 Å². The number of hydrogen-bond donors (Lipinski definition) is 0. The normalized spacial score (nSPS) is 14.1. The van der Waals surface area contributed by atoms with Crippen molar-refractivity contribution in [2.24, 2.45) is 4.99 Å². The number of nitrogens with zero attached hydrogens (tertiary/aromatic N) is 2. The Hall–Kier alpha value is -3.31. The second-order valence-electron chi connectivity index (χ2n) is 7.06. The summed E-state index contributed by atoms with van der Waals surface area (Å²) in [5, 5.41) is 0. The average Bonchev–Trinajstić information content (AvgIpc) is 2.83. The van der Waals surface area contributed by atoms with Crippen molar-refractivity contribution in [1.29, 1.82) is 0 Å². The van der Waals surface area contributed by atoms with Gasteiger partial charge in [0.15, 0.2) is 11.5 Å². The standard InChI is InChI=1S/C25H26N2O3/c1-28-25-17-21(7-12-24(25)30-19-20-5-3-2-4-6-20)18-26-22-8-10-23(11-9-22)27-13-15-29-16-14-27/h2-12,17-18H,13-16,19H2,1H3. The number of methoxy groups -OCH3 is 1. The van der Waals surface area contributed by atoms with Crippen LogP contribution in [0.1, 0.15) is 11.1 Å². The highest BCUT2D eigenvalue weighted by Gasteiger charge is 2.10. The van der Waals surface area contributed by atoms with Gasteiger partial charge in [-0.15, -0.1) is 0 Å². The van der Waals surface area contributed by atoms with Crippen molar-refractivity contribution in [3.63, 3.8) is 0 Å². The zero-order chi connectivity index (χ0) is 20.6. The van der Waals surface area contributed by atoms with E-state index in [2.05, 4.69) is 22.0 Å². The van der Waals surface area contributed by atoms with Gasteiger partial charge in [0.2, 0.25) is 0 Å². The summed E-state index contributed by atoms with van der Waals surface area (Å²) >= 11 is 0. The van der Waals surface area contributed by atoms with Gasteiger partial charge in [-0.05, 0) is 53.6 Å². The van der Waals surface area contributed by atoms with E-state index in [0.29, 0.717) is 18.1 Å². The quantitative estimate of drug-likeness (QED) is 0.529. The maximum absolute atomic E-state index is 5.92. The molecule has 1 saturated heterocycles. The van der Waals surface area contributed by atoms with Crippen LogP contribution in [-0.4, -0.2) is 39.6 Å². The summed E-state index contributed by atoms with van der Waals surface area (Å²) in [6.45, 7) is 3.93. The lowest BCUT2D eigenvalue weighted by Crippen LogP contribution is -2.36. The maximum Gasteiger partial charge on any atom is 0.161 e. The van der Waals surface area contributed by atoms with Crippen molar-refractivity contribution in [2.45, 2.75) is 6.61 Å². The number of benzene rings is 3. The second-order valence-corrected chi connectivity index (χ2v) is 7.06. The SMILES string of the molecule is COc1cc(C=Nc2ccc(N3CCOCC3)cc2)ccc1OCc1ccccc1. The summed E-state index contributed by atoms with van der Waals surface area (Å²) in [6.07, 6.45) is 1.84. The Kier molecular flexibility index (Phi) is 6.62. The number of ether oxygens (including phenoxy) is 3. The molecule has 1 fully saturated rings. The number of anilines is 1. The van der Waals surface area contributed by atoms with Gasteiger partial charge >= 0.3 is 0 Å². The van der Waals surface area contributed by atoms with Crippen LogP contribution >= 0.6 is 0 Å². The van der Waals surface area contributed by atoms with E-state index in [1.54, 1.807) is 7.11 Å². The molecule has 0 aromatic heterocycles. The Balaban J connectivity index is 1.40. The van der Waals surface area contributed by atoms with Gasteiger partial charge < -0.3 is 19.1 Å². The van der Waals surface area contributed by atoms with Gasteiger partial charge in [-0.1, -0.05) is 30.3 Å². The van der Waals surface area contributed by atoms with Gasteiger partial charge in [0.25, 0.3) is 0 Å². The fourth-order valence-electron chi connectivity index (χ4n) is 3.34. The molecule has 5 nitrogen and oxygen atoms in total. The number of rotatable bonds is 7. The Morgan fingerprint density at radius 1 is 0.933 bits per heavy atom. The molecule has 3 aromatic rings. The van der Waals surface area contributed by atoms with Crippen LogP contribution in [0.4, 0.5) is 11.4 Å². The van der Waals surface area contributed by atoms with E-state index in [9.17, 15) is 0 Å². The van der Waals surface area contributed by atoms with Crippen molar-refractivity contribution in [3.05, 3.63) is 83.9 Å². The molecule has 0 amide bonds. The lowest BCUT2D eigenvalue weighted by atomic mass is 10.2. The van der Waals surface area contributed by atoms with Gasteiger partial charge in [0.1, 0.15) is 6.61 Å². The van der Waals surface area contributed by atoms with Crippen molar-refractivity contribution in [1.82, 2.24) is 0 Å². The minimum absolute atomic E-state index is 0.500. The minimum Gasteiger partial charge on any atom is -0.493 e. The smallest absolute Gasteiger partial charge is 0.161 e. The first-order valence-corrected chi connectivity index (χ1v) is 10.1. The van der Waals surface area contributed by atoms with E-state index >= 15 is 0 Å². The molecule has 5 heteroatoms. The first kappa shape index (κ1) is 20.0. The predicted octanol–water partition coefficient (Wildman–Crippen LogP) is 4.86. The van der Waals surface area contributed by atoms with Crippen LogP contribution in [0.15, 0.2) is 77.8 Å². The van der Waals surface area contributed by atoms with Gasteiger partial charge in [-0.2, -0.15) is 0 Å². The first-order chi connectivity index (χ1) is 14.8. The molecule has 0 radical (unpaired) electrons. The molecule has 0 unspecified atom stereocenters. The van der Waals surface area contributed by atoms with Crippen molar-refractivity contribution >= 4 is 17.6 Å². The zero-order valence-corrected chi connectivity index (χ0v) is 17.2. The summed E-state index contributed by atoms with van der Waals surface area (Å²) in [4.78, 5) is 6.93. The second kappa shape index (κ2) is 9.94. The van der Waals surface area contributed by atoms with E-state index < -0.39 is 0 Å². The topological polar surface area (TPSA) is 43.3 Å². The monoisotopic (exact) mass is 402 g/mol. The van der Waals surface area contributed by atoms with Crippen LogP contribution in [0, 0.1) is 0 Å². The molecule has 0 spiro atoms. The minimum atomic E-state index is 0.500. The lowest BCUT2D eigenvalue weighted by Gasteiger charge is -2.28. The molecule has 0 aliphatic carbocycles. The van der Waals surface area contributed by atoms with Crippen LogP contribution in [-0.2, 0) is 11.3 Å². The molecule has 30 heavy (non-hydrogen) atoms. The van der Waals surface area contributed by atoms with Crippen LogP contribution < -0.4 is 14.4 Å². The van der Waals surface area contributed by atoms with Gasteiger partial charge in [-0.25, -0.2) is 0 Å². The van der Waals surface area contributed by atoms with Crippen molar-refractivity contribution < 1.29 is 14.2 Å². The molecule has 1 aliphatic heterocycles. The molecular weight excluding hydrogens is 376 g/mol. The molecule has 4 rings (SSSR count). The summed E-state index contributed by atoms with van der Waals surface area (Å²) < 4.78 is 16.8. The maximum atomic E-state index is 5.92. The third-order valence-corrected chi connectivity index (χ3v) is 5.01. The first-order valence-electron chi connectivity index (χ1n) is 10.1. The number of morpholine rings is 1. The summed E-state index contributed by atoms with van der Waals surface area (Å²) in [6, 6.07) is 24.2. The van der Waals surface area contributed by atoms with Crippen molar-refractivity contribution in [2.75, 3.05) is 38.3 Å². The molecule has 0 atom stereocenters. The third kappa shape index (κ3) is 5.19. The molecule has 0 N–H and O–H groups in total. The average molecular weight is 402 g/mol. The number of aliphatic imine (C=N–C) groups is 1. The number of hydrogen-bond acceptors (Lipinski definition) is 5. The van der Waals surface area contributed by atoms with Crippen LogP contribution in [0.25, 0.3) is 0 Å². The summed E-state index contributed by atoms with van der Waals surface area (Å²) in [5.74, 6) is 1.41. The highest BCUT2D eigenvalue weighted by atomic mass is 16.5. The largest absolute Gasteiger partial charge is 0.493 e. The van der Waals surface area contributed by atoms with E-state index in [4.69, 9.17) is 14.2 Å². The summed E-state index contributed by atoms with van der Waals surface area (Å²) in [5.41, 5.74) is 4.19. The molecule has 1 heterocycles. The molecule has 3 aromatic carbocycles. The summed E-state index contributed by atoms with van der Waals surface area (Å²) in [7, 11) is 1.65. The van der Waals surface area contributed by atoms with E-state index in [0.717, 1.165) is 43.1 Å². The Morgan fingerprint density at radius 3 is 2.43 bits per heavy atom. The van der Waals surface area contributed by atoms with E-state index in [1.807, 2.05) is 66.9 Å².